The summed E-state index contributed by atoms with van der Waals surface area (Å²) in [5.74, 6) is 0.471. The molecule has 1 saturated carbocycles. The Morgan fingerprint density at radius 2 is 2.06 bits per heavy atom. The molecular formula is C13H24F3NO. The highest BCUT2D eigenvalue weighted by Crippen LogP contribution is 2.24. The van der Waals surface area contributed by atoms with Crippen molar-refractivity contribution in [3.05, 3.63) is 0 Å². The van der Waals surface area contributed by atoms with Gasteiger partial charge in [0.05, 0.1) is 6.10 Å². The fourth-order valence-electron chi connectivity index (χ4n) is 2.53. The summed E-state index contributed by atoms with van der Waals surface area (Å²) < 4.78 is 35.9. The van der Waals surface area contributed by atoms with E-state index < -0.39 is 12.6 Å². The third-order valence-electron chi connectivity index (χ3n) is 3.61. The van der Waals surface area contributed by atoms with Crippen molar-refractivity contribution in [2.75, 3.05) is 6.54 Å². The molecule has 3 unspecified atom stereocenters. The third kappa shape index (κ3) is 7.21. The summed E-state index contributed by atoms with van der Waals surface area (Å²) >= 11 is 0. The number of aliphatic hydroxyl groups is 1. The van der Waals surface area contributed by atoms with Gasteiger partial charge in [-0.05, 0) is 51.5 Å². The first-order valence-corrected chi connectivity index (χ1v) is 6.85. The van der Waals surface area contributed by atoms with Crippen LogP contribution in [-0.4, -0.2) is 30.0 Å². The Balaban J connectivity index is 2.07. The Kier molecular flexibility index (Phi) is 6.43. The molecule has 2 N–H and O–H groups in total. The molecule has 0 aromatic heterocycles. The van der Waals surface area contributed by atoms with Gasteiger partial charge in [-0.25, -0.2) is 0 Å². The Morgan fingerprint density at radius 3 is 2.67 bits per heavy atom. The van der Waals surface area contributed by atoms with Crippen LogP contribution in [0.25, 0.3) is 0 Å². The van der Waals surface area contributed by atoms with Gasteiger partial charge in [0.15, 0.2) is 0 Å². The molecule has 0 bridgehead atoms. The second-order valence-electron chi connectivity index (χ2n) is 5.50. The molecule has 0 heterocycles. The highest BCUT2D eigenvalue weighted by molar-refractivity contribution is 4.75. The summed E-state index contributed by atoms with van der Waals surface area (Å²) in [4.78, 5) is 0. The van der Waals surface area contributed by atoms with E-state index in [9.17, 15) is 18.3 Å². The van der Waals surface area contributed by atoms with E-state index in [1.54, 1.807) is 0 Å². The van der Waals surface area contributed by atoms with Crippen molar-refractivity contribution in [2.45, 2.75) is 70.2 Å². The largest absolute Gasteiger partial charge is 0.393 e. The van der Waals surface area contributed by atoms with Crippen LogP contribution in [0, 0.1) is 5.92 Å². The van der Waals surface area contributed by atoms with Gasteiger partial charge in [-0.15, -0.1) is 0 Å². The number of halogens is 3. The zero-order chi connectivity index (χ0) is 13.6. The zero-order valence-corrected chi connectivity index (χ0v) is 11.0. The van der Waals surface area contributed by atoms with Gasteiger partial charge >= 0.3 is 6.18 Å². The molecule has 1 aliphatic rings. The van der Waals surface area contributed by atoms with E-state index in [0.29, 0.717) is 12.3 Å². The highest BCUT2D eigenvalue weighted by atomic mass is 19.4. The van der Waals surface area contributed by atoms with Gasteiger partial charge < -0.3 is 10.4 Å². The molecule has 0 aliphatic heterocycles. The van der Waals surface area contributed by atoms with Gasteiger partial charge in [0.2, 0.25) is 0 Å². The van der Waals surface area contributed by atoms with Crippen LogP contribution in [0.3, 0.4) is 0 Å². The number of hydrogen-bond acceptors (Lipinski definition) is 2. The van der Waals surface area contributed by atoms with Gasteiger partial charge in [0, 0.05) is 12.5 Å². The van der Waals surface area contributed by atoms with E-state index in [0.717, 1.165) is 32.2 Å². The monoisotopic (exact) mass is 267 g/mol. The quantitative estimate of drug-likeness (QED) is 0.774. The molecule has 3 atom stereocenters. The van der Waals surface area contributed by atoms with Crippen LogP contribution in [0.1, 0.15) is 51.9 Å². The molecule has 0 spiro atoms. The normalized spacial score (nSPS) is 27.2. The van der Waals surface area contributed by atoms with Gasteiger partial charge in [-0.3, -0.25) is 0 Å². The SMILES string of the molecule is CC(CCCC(F)(F)F)NCC1CCCC(O)C1. The van der Waals surface area contributed by atoms with Gasteiger partial charge in [-0.2, -0.15) is 13.2 Å². The number of aliphatic hydroxyl groups excluding tert-OH is 1. The minimum absolute atomic E-state index is 0.117. The Bertz CT molecular complexity index is 233. The number of alkyl halides is 3. The molecule has 0 radical (unpaired) electrons. The fourth-order valence-corrected chi connectivity index (χ4v) is 2.53. The summed E-state index contributed by atoms with van der Waals surface area (Å²) in [6.45, 7) is 2.74. The van der Waals surface area contributed by atoms with E-state index >= 15 is 0 Å². The number of rotatable bonds is 6. The van der Waals surface area contributed by atoms with Crippen molar-refractivity contribution in [3.8, 4) is 0 Å². The van der Waals surface area contributed by atoms with Crippen LogP contribution in [0.5, 0.6) is 0 Å². The van der Waals surface area contributed by atoms with Gasteiger partial charge in [0.25, 0.3) is 0 Å². The second-order valence-corrected chi connectivity index (χ2v) is 5.50. The molecule has 1 fully saturated rings. The Morgan fingerprint density at radius 1 is 1.33 bits per heavy atom. The van der Waals surface area contributed by atoms with E-state index in [4.69, 9.17) is 0 Å². The summed E-state index contributed by atoms with van der Waals surface area (Å²) in [5, 5.41) is 12.8. The Hall–Kier alpha value is -0.290. The summed E-state index contributed by atoms with van der Waals surface area (Å²) in [7, 11) is 0. The first kappa shape index (κ1) is 15.8. The lowest BCUT2D eigenvalue weighted by molar-refractivity contribution is -0.135. The predicted molar refractivity (Wildman–Crippen MR) is 65.3 cm³/mol. The van der Waals surface area contributed by atoms with E-state index in [-0.39, 0.29) is 18.6 Å². The average molecular weight is 267 g/mol. The van der Waals surface area contributed by atoms with E-state index in [1.807, 2.05) is 6.92 Å². The van der Waals surface area contributed by atoms with Crippen molar-refractivity contribution in [3.63, 3.8) is 0 Å². The Labute approximate surface area is 107 Å². The molecule has 0 amide bonds. The first-order chi connectivity index (χ1) is 8.37. The zero-order valence-electron chi connectivity index (χ0n) is 11.0. The van der Waals surface area contributed by atoms with E-state index in [1.165, 1.54) is 0 Å². The predicted octanol–water partition coefficient (Wildman–Crippen LogP) is 3.25. The summed E-state index contributed by atoms with van der Waals surface area (Å²) in [6, 6.07) is 0.117. The molecular weight excluding hydrogens is 243 g/mol. The molecule has 0 aromatic carbocycles. The van der Waals surface area contributed by atoms with Crippen LogP contribution in [0.4, 0.5) is 13.2 Å². The van der Waals surface area contributed by atoms with Crippen molar-refractivity contribution in [2.24, 2.45) is 5.92 Å². The molecule has 0 saturated heterocycles. The highest BCUT2D eigenvalue weighted by Gasteiger charge is 2.26. The summed E-state index contributed by atoms with van der Waals surface area (Å²) in [6.07, 6.45) is -0.311. The number of hydrogen-bond donors (Lipinski definition) is 2. The van der Waals surface area contributed by atoms with Crippen LogP contribution in [-0.2, 0) is 0 Å². The average Bonchev–Trinajstić information content (AvgIpc) is 2.25. The maximum Gasteiger partial charge on any atom is 0.389 e. The van der Waals surface area contributed by atoms with Crippen molar-refractivity contribution >= 4 is 0 Å². The maximum absolute atomic E-state index is 12.0. The fraction of sp³-hybridized carbons (Fsp3) is 1.00. The summed E-state index contributed by atoms with van der Waals surface area (Å²) in [5.41, 5.74) is 0. The van der Waals surface area contributed by atoms with Crippen molar-refractivity contribution in [1.29, 1.82) is 0 Å². The van der Waals surface area contributed by atoms with Crippen molar-refractivity contribution < 1.29 is 18.3 Å². The lowest BCUT2D eigenvalue weighted by atomic mass is 9.87. The molecule has 0 aromatic rings. The van der Waals surface area contributed by atoms with Crippen molar-refractivity contribution in [1.82, 2.24) is 5.32 Å². The first-order valence-electron chi connectivity index (χ1n) is 6.85. The third-order valence-corrected chi connectivity index (χ3v) is 3.61. The molecule has 1 rings (SSSR count). The molecule has 1 aliphatic carbocycles. The molecule has 5 heteroatoms. The molecule has 2 nitrogen and oxygen atoms in total. The van der Waals surface area contributed by atoms with Gasteiger partial charge in [-0.1, -0.05) is 6.42 Å². The maximum atomic E-state index is 12.0. The van der Waals surface area contributed by atoms with Crippen LogP contribution >= 0.6 is 0 Å². The van der Waals surface area contributed by atoms with Crippen LogP contribution in [0.15, 0.2) is 0 Å². The minimum atomic E-state index is -4.03. The van der Waals surface area contributed by atoms with Gasteiger partial charge in [0.1, 0.15) is 0 Å². The lowest BCUT2D eigenvalue weighted by Crippen LogP contribution is -2.34. The smallest absolute Gasteiger partial charge is 0.389 e. The standard InChI is InChI=1S/C13H24F3NO/c1-10(4-3-7-13(14,15)16)17-9-11-5-2-6-12(18)8-11/h10-12,17-18H,2-9H2,1H3. The molecule has 108 valence electrons. The van der Waals surface area contributed by atoms with E-state index in [2.05, 4.69) is 5.32 Å². The topological polar surface area (TPSA) is 32.3 Å². The van der Waals surface area contributed by atoms with Crippen LogP contribution < -0.4 is 5.32 Å². The minimum Gasteiger partial charge on any atom is -0.393 e. The number of nitrogens with one attached hydrogen (secondary N) is 1. The lowest BCUT2D eigenvalue weighted by Gasteiger charge is -2.27. The molecule has 18 heavy (non-hydrogen) atoms. The second kappa shape index (κ2) is 7.34. The van der Waals surface area contributed by atoms with Crippen LogP contribution in [0.2, 0.25) is 0 Å².